The van der Waals surface area contributed by atoms with Crippen molar-refractivity contribution in [2.24, 2.45) is 0 Å². The van der Waals surface area contributed by atoms with Gasteiger partial charge in [0.1, 0.15) is 0 Å². The first kappa shape index (κ1) is 10.4. The van der Waals surface area contributed by atoms with Crippen molar-refractivity contribution < 1.29 is 4.92 Å². The summed E-state index contributed by atoms with van der Waals surface area (Å²) in [6.45, 7) is 1.67. The van der Waals surface area contributed by atoms with Gasteiger partial charge in [0.25, 0.3) is 5.69 Å². The molecule has 1 aromatic carbocycles. The van der Waals surface area contributed by atoms with Crippen molar-refractivity contribution in [3.8, 4) is 0 Å². The molecular formula is C8H9N3O2S. The molecule has 0 saturated heterocycles. The molecule has 0 spiro atoms. The first-order valence-electron chi connectivity index (χ1n) is 3.82. The fraction of sp³-hybridized carbons (Fsp3) is 0.125. The molecule has 0 aliphatic carbocycles. The number of nitrogens with two attached hydrogens (primary N) is 1. The number of nitro groups is 1. The molecule has 6 heteroatoms. The lowest BCUT2D eigenvalue weighted by molar-refractivity contribution is -0.384. The Kier molecular flexibility index (Phi) is 2.98. The molecule has 0 radical (unpaired) electrons. The van der Waals surface area contributed by atoms with E-state index >= 15 is 0 Å². The van der Waals surface area contributed by atoms with Gasteiger partial charge < -0.3 is 11.1 Å². The van der Waals surface area contributed by atoms with Gasteiger partial charge in [-0.1, -0.05) is 12.2 Å². The second kappa shape index (κ2) is 4.01. The van der Waals surface area contributed by atoms with Crippen molar-refractivity contribution in [3.63, 3.8) is 0 Å². The monoisotopic (exact) mass is 211 g/mol. The first-order valence-corrected chi connectivity index (χ1v) is 4.23. The zero-order chi connectivity index (χ0) is 10.7. The van der Waals surface area contributed by atoms with E-state index in [1.165, 1.54) is 18.2 Å². The van der Waals surface area contributed by atoms with Crippen molar-refractivity contribution in [2.45, 2.75) is 6.92 Å². The molecule has 3 N–H and O–H groups in total. The van der Waals surface area contributed by atoms with Crippen LogP contribution in [0.3, 0.4) is 0 Å². The molecule has 0 bridgehead atoms. The van der Waals surface area contributed by atoms with E-state index < -0.39 is 4.92 Å². The third-order valence-corrected chi connectivity index (χ3v) is 1.66. The molecule has 5 nitrogen and oxygen atoms in total. The van der Waals surface area contributed by atoms with Crippen LogP contribution in [-0.4, -0.2) is 9.91 Å². The predicted octanol–water partition coefficient (Wildman–Crippen LogP) is 1.94. The van der Waals surface area contributed by atoms with E-state index in [1.807, 2.05) is 0 Å². The maximum atomic E-state index is 10.5. The van der Waals surface area contributed by atoms with Crippen LogP contribution in [-0.2, 0) is 0 Å². The third kappa shape index (κ3) is 2.40. The van der Waals surface area contributed by atoms with Gasteiger partial charge in [-0.15, -0.1) is 0 Å². The van der Waals surface area contributed by atoms with Crippen LogP contribution in [0.1, 0.15) is 6.92 Å². The van der Waals surface area contributed by atoms with Crippen LogP contribution in [0, 0.1) is 10.1 Å². The molecule has 74 valence electrons. The van der Waals surface area contributed by atoms with E-state index in [0.29, 0.717) is 16.4 Å². The van der Waals surface area contributed by atoms with E-state index in [2.05, 4.69) is 5.32 Å². The Morgan fingerprint density at radius 2 is 2.29 bits per heavy atom. The number of non-ortho nitro benzene ring substituents is 1. The summed E-state index contributed by atoms with van der Waals surface area (Å²) < 4.78 is 0. The average molecular weight is 211 g/mol. The van der Waals surface area contributed by atoms with Crippen molar-refractivity contribution >= 4 is 34.3 Å². The van der Waals surface area contributed by atoms with Crippen molar-refractivity contribution in [3.05, 3.63) is 28.3 Å². The van der Waals surface area contributed by atoms with Crippen LogP contribution in [0.15, 0.2) is 18.2 Å². The van der Waals surface area contributed by atoms with Gasteiger partial charge in [0.15, 0.2) is 0 Å². The van der Waals surface area contributed by atoms with Crippen LogP contribution < -0.4 is 11.1 Å². The summed E-state index contributed by atoms with van der Waals surface area (Å²) >= 11 is 4.81. The second-order valence-electron chi connectivity index (χ2n) is 2.71. The SMILES string of the molecule is CC(=S)Nc1cc([N+](=O)[O-])ccc1N. The quantitative estimate of drug-likeness (QED) is 0.338. The highest BCUT2D eigenvalue weighted by molar-refractivity contribution is 7.80. The van der Waals surface area contributed by atoms with Gasteiger partial charge >= 0.3 is 0 Å². The van der Waals surface area contributed by atoms with Gasteiger partial charge in [-0.25, -0.2) is 0 Å². The van der Waals surface area contributed by atoms with Crippen LogP contribution in [0.5, 0.6) is 0 Å². The summed E-state index contributed by atoms with van der Waals surface area (Å²) in [5.74, 6) is 0. The van der Waals surface area contributed by atoms with Crippen molar-refractivity contribution in [2.75, 3.05) is 11.1 Å². The Morgan fingerprint density at radius 3 is 2.79 bits per heavy atom. The summed E-state index contributed by atoms with van der Waals surface area (Å²) in [4.78, 5) is 10.5. The Balaban J connectivity index is 3.08. The first-order chi connectivity index (χ1) is 6.50. The molecule has 0 unspecified atom stereocenters. The van der Waals surface area contributed by atoms with Gasteiger partial charge in [0, 0.05) is 12.1 Å². The highest BCUT2D eigenvalue weighted by Gasteiger charge is 2.08. The molecule has 1 rings (SSSR count). The lowest BCUT2D eigenvalue weighted by Gasteiger charge is -2.06. The van der Waals surface area contributed by atoms with Gasteiger partial charge in [0.2, 0.25) is 0 Å². The van der Waals surface area contributed by atoms with E-state index in [0.717, 1.165) is 0 Å². The molecule has 0 amide bonds. The summed E-state index contributed by atoms with van der Waals surface area (Å²) in [6.07, 6.45) is 0. The smallest absolute Gasteiger partial charge is 0.271 e. The van der Waals surface area contributed by atoms with Crippen molar-refractivity contribution in [1.82, 2.24) is 0 Å². The number of nitrogens with one attached hydrogen (secondary N) is 1. The minimum Gasteiger partial charge on any atom is -0.397 e. The summed E-state index contributed by atoms with van der Waals surface area (Å²) in [6, 6.07) is 4.17. The summed E-state index contributed by atoms with van der Waals surface area (Å²) in [5, 5.41) is 13.2. The highest BCUT2D eigenvalue weighted by atomic mass is 32.1. The number of benzene rings is 1. The molecule has 0 aliphatic heterocycles. The Labute approximate surface area is 86.1 Å². The van der Waals surface area contributed by atoms with Crippen LogP contribution >= 0.6 is 12.2 Å². The van der Waals surface area contributed by atoms with Crippen LogP contribution in [0.25, 0.3) is 0 Å². The number of rotatable bonds is 2. The van der Waals surface area contributed by atoms with Gasteiger partial charge in [-0.2, -0.15) is 0 Å². The van der Waals surface area contributed by atoms with E-state index in [9.17, 15) is 10.1 Å². The summed E-state index contributed by atoms with van der Waals surface area (Å²) in [7, 11) is 0. The standard InChI is InChI=1S/C8H9N3O2S/c1-5(14)10-8-4-6(11(12)13)2-3-7(8)9/h2-4H,9H2,1H3,(H,10,14). The molecule has 0 saturated carbocycles. The fourth-order valence-electron chi connectivity index (χ4n) is 0.956. The number of hydrogen-bond acceptors (Lipinski definition) is 4. The minimum atomic E-state index is -0.483. The predicted molar refractivity (Wildman–Crippen MR) is 59.4 cm³/mol. The zero-order valence-corrected chi connectivity index (χ0v) is 8.30. The molecule has 1 aromatic rings. The zero-order valence-electron chi connectivity index (χ0n) is 7.48. The number of nitro benzene ring substituents is 1. The van der Waals surface area contributed by atoms with Crippen LogP contribution in [0.4, 0.5) is 17.1 Å². The van der Waals surface area contributed by atoms with Gasteiger partial charge in [-0.3, -0.25) is 10.1 Å². The Morgan fingerprint density at radius 1 is 1.64 bits per heavy atom. The van der Waals surface area contributed by atoms with E-state index in [1.54, 1.807) is 6.92 Å². The van der Waals surface area contributed by atoms with E-state index in [4.69, 9.17) is 18.0 Å². The molecule has 14 heavy (non-hydrogen) atoms. The minimum absolute atomic E-state index is 0.0158. The number of hydrogen-bond donors (Lipinski definition) is 2. The largest absolute Gasteiger partial charge is 0.397 e. The Hall–Kier alpha value is -1.69. The van der Waals surface area contributed by atoms with E-state index in [-0.39, 0.29) is 5.69 Å². The topological polar surface area (TPSA) is 81.2 Å². The van der Waals surface area contributed by atoms with Gasteiger partial charge in [0.05, 0.1) is 21.3 Å². The second-order valence-corrected chi connectivity index (χ2v) is 3.32. The molecule has 0 aliphatic rings. The molecule has 0 heterocycles. The molecule has 0 fully saturated rings. The fourth-order valence-corrected chi connectivity index (χ4v) is 1.07. The van der Waals surface area contributed by atoms with Crippen molar-refractivity contribution in [1.29, 1.82) is 0 Å². The molecule has 0 atom stereocenters. The lowest BCUT2D eigenvalue weighted by atomic mass is 10.2. The van der Waals surface area contributed by atoms with Crippen LogP contribution in [0.2, 0.25) is 0 Å². The third-order valence-electron chi connectivity index (χ3n) is 1.56. The number of thiocarbonyl (C=S) groups is 1. The molecular weight excluding hydrogens is 202 g/mol. The number of nitrogen functional groups attached to an aromatic ring is 1. The normalized spacial score (nSPS) is 9.50. The number of anilines is 2. The lowest BCUT2D eigenvalue weighted by Crippen LogP contribution is -2.06. The Bertz CT molecular complexity index is 392. The maximum Gasteiger partial charge on any atom is 0.271 e. The van der Waals surface area contributed by atoms with Gasteiger partial charge in [-0.05, 0) is 13.0 Å². The number of nitrogens with zero attached hydrogens (tertiary/aromatic N) is 1. The average Bonchev–Trinajstić information content (AvgIpc) is 2.07. The maximum absolute atomic E-state index is 10.5. The molecule has 0 aromatic heterocycles. The summed E-state index contributed by atoms with van der Waals surface area (Å²) in [5.41, 5.74) is 6.47. The highest BCUT2D eigenvalue weighted by Crippen LogP contribution is 2.24.